The monoisotopic (exact) mass is 161 g/mol. The lowest BCUT2D eigenvalue weighted by molar-refractivity contribution is -0.122. The molecule has 0 atom stereocenters. The average Bonchev–Trinajstić information content (AvgIpc) is 2.01. The fraction of sp³-hybridized carbons (Fsp3) is 0.857. The Hall–Kier alpha value is -0.610. The summed E-state index contributed by atoms with van der Waals surface area (Å²) in [7, 11) is 3.16. The van der Waals surface area contributed by atoms with Crippen LogP contribution in [0.25, 0.3) is 0 Å². The highest BCUT2D eigenvalue weighted by Crippen LogP contribution is 1.88. The molecule has 66 valence electrons. The van der Waals surface area contributed by atoms with Crippen LogP contribution in [0.5, 0.6) is 0 Å². The molecule has 0 radical (unpaired) electrons. The fourth-order valence-corrected chi connectivity index (χ4v) is 0.618. The van der Waals surface area contributed by atoms with Crippen molar-refractivity contribution < 1.29 is 14.3 Å². The van der Waals surface area contributed by atoms with E-state index >= 15 is 0 Å². The minimum Gasteiger partial charge on any atom is -0.385 e. The van der Waals surface area contributed by atoms with Crippen LogP contribution in [0.2, 0.25) is 0 Å². The molecule has 1 amide bonds. The first kappa shape index (κ1) is 10.4. The quantitative estimate of drug-likeness (QED) is 0.445. The molecule has 4 heteroatoms. The van der Waals surface area contributed by atoms with Crippen molar-refractivity contribution >= 4 is 5.91 Å². The van der Waals surface area contributed by atoms with Gasteiger partial charge in [-0.25, -0.2) is 0 Å². The maximum atomic E-state index is 10.8. The lowest BCUT2D eigenvalue weighted by atomic mass is 10.3. The Kier molecular flexibility index (Phi) is 7.08. The van der Waals surface area contributed by atoms with Gasteiger partial charge in [0.2, 0.25) is 5.91 Å². The number of amides is 1. The third-order valence-corrected chi connectivity index (χ3v) is 1.17. The van der Waals surface area contributed by atoms with Gasteiger partial charge in [0.25, 0.3) is 0 Å². The van der Waals surface area contributed by atoms with Gasteiger partial charge in [-0.3, -0.25) is 4.79 Å². The van der Waals surface area contributed by atoms with E-state index in [1.165, 1.54) is 7.11 Å². The van der Waals surface area contributed by atoms with Crippen LogP contribution in [0, 0.1) is 0 Å². The summed E-state index contributed by atoms with van der Waals surface area (Å²) in [6, 6.07) is 0. The summed E-state index contributed by atoms with van der Waals surface area (Å²) in [5.41, 5.74) is 0. The molecule has 0 aliphatic heterocycles. The number of hydrogen-bond donors (Lipinski definition) is 1. The van der Waals surface area contributed by atoms with E-state index in [-0.39, 0.29) is 12.6 Å². The second kappa shape index (κ2) is 7.50. The van der Waals surface area contributed by atoms with E-state index in [2.05, 4.69) is 10.1 Å². The standard InChI is InChI=1S/C7H15NO3/c1-10-5-3-4-7(9)8-6-11-2/h3-6H2,1-2H3,(H,8,9). The van der Waals surface area contributed by atoms with Crippen molar-refractivity contribution in [1.29, 1.82) is 0 Å². The number of rotatable bonds is 6. The molecule has 0 fully saturated rings. The summed E-state index contributed by atoms with van der Waals surface area (Å²) in [6.07, 6.45) is 1.25. The predicted molar refractivity (Wildman–Crippen MR) is 41.1 cm³/mol. The zero-order valence-corrected chi connectivity index (χ0v) is 7.05. The van der Waals surface area contributed by atoms with Gasteiger partial charge < -0.3 is 14.8 Å². The zero-order valence-electron chi connectivity index (χ0n) is 7.05. The molecule has 0 aliphatic rings. The van der Waals surface area contributed by atoms with Crippen molar-refractivity contribution in [3.63, 3.8) is 0 Å². The van der Waals surface area contributed by atoms with Crippen LogP contribution in [0.3, 0.4) is 0 Å². The normalized spacial score (nSPS) is 9.64. The Morgan fingerprint density at radius 1 is 1.36 bits per heavy atom. The molecule has 0 unspecified atom stereocenters. The van der Waals surface area contributed by atoms with Crippen molar-refractivity contribution in [2.45, 2.75) is 12.8 Å². The molecule has 0 heterocycles. The molecule has 1 N–H and O–H groups in total. The highest BCUT2D eigenvalue weighted by molar-refractivity contribution is 5.75. The van der Waals surface area contributed by atoms with Crippen molar-refractivity contribution in [2.24, 2.45) is 0 Å². The summed E-state index contributed by atoms with van der Waals surface area (Å²) in [5, 5.41) is 2.57. The Morgan fingerprint density at radius 3 is 2.64 bits per heavy atom. The molecule has 0 rings (SSSR count). The average molecular weight is 161 g/mol. The number of carbonyl (C=O) groups is 1. The number of methoxy groups -OCH3 is 2. The Balaban J connectivity index is 3.09. The van der Waals surface area contributed by atoms with E-state index in [1.807, 2.05) is 0 Å². The molecule has 0 bridgehead atoms. The number of nitrogens with one attached hydrogen (secondary N) is 1. The molecule has 0 aromatic carbocycles. The van der Waals surface area contributed by atoms with Gasteiger partial charge in [-0.05, 0) is 6.42 Å². The van der Waals surface area contributed by atoms with Crippen LogP contribution in [-0.2, 0) is 14.3 Å². The van der Waals surface area contributed by atoms with E-state index in [1.54, 1.807) is 7.11 Å². The molecule has 0 aromatic heterocycles. The first-order valence-electron chi connectivity index (χ1n) is 3.56. The van der Waals surface area contributed by atoms with Crippen molar-refractivity contribution in [2.75, 3.05) is 27.6 Å². The van der Waals surface area contributed by atoms with Gasteiger partial charge in [0.05, 0.1) is 0 Å². The van der Waals surface area contributed by atoms with Gasteiger partial charge >= 0.3 is 0 Å². The Bertz CT molecular complexity index is 106. The maximum Gasteiger partial charge on any atom is 0.221 e. The molecule has 4 nitrogen and oxygen atoms in total. The largest absolute Gasteiger partial charge is 0.385 e. The van der Waals surface area contributed by atoms with Crippen LogP contribution >= 0.6 is 0 Å². The molecular weight excluding hydrogens is 146 g/mol. The van der Waals surface area contributed by atoms with Crippen LogP contribution in [0.4, 0.5) is 0 Å². The first-order chi connectivity index (χ1) is 5.31. The second-order valence-corrected chi connectivity index (χ2v) is 2.13. The van der Waals surface area contributed by atoms with E-state index < -0.39 is 0 Å². The van der Waals surface area contributed by atoms with Gasteiger partial charge in [-0.1, -0.05) is 0 Å². The third kappa shape index (κ3) is 7.29. The highest BCUT2D eigenvalue weighted by Gasteiger charge is 1.97. The zero-order chi connectivity index (χ0) is 8.53. The summed E-state index contributed by atoms with van der Waals surface area (Å²) >= 11 is 0. The molecular formula is C7H15NO3. The van der Waals surface area contributed by atoms with Crippen LogP contribution < -0.4 is 5.32 Å². The molecule has 0 aliphatic carbocycles. The van der Waals surface area contributed by atoms with E-state index in [0.29, 0.717) is 13.0 Å². The van der Waals surface area contributed by atoms with E-state index in [0.717, 1.165) is 6.42 Å². The van der Waals surface area contributed by atoms with Crippen molar-refractivity contribution in [1.82, 2.24) is 5.32 Å². The van der Waals surface area contributed by atoms with Gasteiger partial charge in [0.1, 0.15) is 6.73 Å². The number of carbonyl (C=O) groups excluding carboxylic acids is 1. The van der Waals surface area contributed by atoms with Crippen LogP contribution in [-0.4, -0.2) is 33.5 Å². The summed E-state index contributed by atoms with van der Waals surface area (Å²) in [4.78, 5) is 10.8. The van der Waals surface area contributed by atoms with Gasteiger partial charge in [-0.15, -0.1) is 0 Å². The Morgan fingerprint density at radius 2 is 2.09 bits per heavy atom. The highest BCUT2D eigenvalue weighted by atomic mass is 16.5. The SMILES string of the molecule is COCCCC(=O)NCOC. The molecule has 0 saturated carbocycles. The summed E-state index contributed by atoms with van der Waals surface area (Å²) in [6.45, 7) is 0.909. The molecule has 0 spiro atoms. The lowest BCUT2D eigenvalue weighted by Gasteiger charge is -2.02. The van der Waals surface area contributed by atoms with E-state index in [9.17, 15) is 4.79 Å². The Labute approximate surface area is 66.9 Å². The minimum atomic E-state index is 0.00361. The van der Waals surface area contributed by atoms with Gasteiger partial charge in [-0.2, -0.15) is 0 Å². The first-order valence-corrected chi connectivity index (χ1v) is 3.56. The third-order valence-electron chi connectivity index (χ3n) is 1.17. The smallest absolute Gasteiger partial charge is 0.221 e. The fourth-order valence-electron chi connectivity index (χ4n) is 0.618. The van der Waals surface area contributed by atoms with Gasteiger partial charge in [0, 0.05) is 27.2 Å². The molecule has 0 aromatic rings. The van der Waals surface area contributed by atoms with Crippen molar-refractivity contribution in [3.05, 3.63) is 0 Å². The van der Waals surface area contributed by atoms with E-state index in [4.69, 9.17) is 4.74 Å². The van der Waals surface area contributed by atoms with Crippen LogP contribution in [0.15, 0.2) is 0 Å². The number of hydrogen-bond acceptors (Lipinski definition) is 3. The maximum absolute atomic E-state index is 10.8. The molecule has 0 saturated heterocycles. The number of ether oxygens (including phenoxy) is 2. The molecule has 11 heavy (non-hydrogen) atoms. The predicted octanol–water partition coefficient (Wildman–Crippen LogP) is 0.133. The van der Waals surface area contributed by atoms with Gasteiger partial charge in [0.15, 0.2) is 0 Å². The van der Waals surface area contributed by atoms with Crippen molar-refractivity contribution in [3.8, 4) is 0 Å². The summed E-state index contributed by atoms with van der Waals surface area (Å²) < 4.78 is 9.44. The lowest BCUT2D eigenvalue weighted by Crippen LogP contribution is -2.25. The minimum absolute atomic E-state index is 0.00361. The summed E-state index contributed by atoms with van der Waals surface area (Å²) in [5.74, 6) is 0.00361. The second-order valence-electron chi connectivity index (χ2n) is 2.13. The topological polar surface area (TPSA) is 47.6 Å². The van der Waals surface area contributed by atoms with Crippen LogP contribution in [0.1, 0.15) is 12.8 Å².